The molecule has 0 aromatic rings. The van der Waals surface area contributed by atoms with Gasteiger partial charge in [-0.3, -0.25) is 10.1 Å². The molecule has 0 aromatic carbocycles. The molecule has 4 nitrogen and oxygen atoms in total. The molecule has 0 bridgehead atoms. The fourth-order valence-corrected chi connectivity index (χ4v) is 1.42. The first-order chi connectivity index (χ1) is 6.86. The summed E-state index contributed by atoms with van der Waals surface area (Å²) < 4.78 is 5.02. The van der Waals surface area contributed by atoms with E-state index in [4.69, 9.17) is 4.74 Å². The van der Waals surface area contributed by atoms with Gasteiger partial charge in [0, 0.05) is 7.11 Å². The number of methoxy groups -OCH3 is 1. The van der Waals surface area contributed by atoms with Crippen LogP contribution in [0.5, 0.6) is 0 Å². The van der Waals surface area contributed by atoms with Crippen molar-refractivity contribution in [3.8, 4) is 0 Å². The van der Waals surface area contributed by atoms with Crippen LogP contribution in [-0.2, 0) is 9.53 Å². The molecule has 1 unspecified atom stereocenters. The quantitative estimate of drug-likeness (QED) is 0.676. The number of carbonyl (C=O) groups is 1. The average Bonchev–Trinajstić information content (AvgIpc) is 2.10. The number of nitrogens with one attached hydrogen (secondary N) is 1. The maximum Gasteiger partial charge on any atom is 0.326 e. The molecular weight excluding hydrogens is 194 g/mol. The van der Waals surface area contributed by atoms with Crippen molar-refractivity contribution >= 4 is 5.97 Å². The van der Waals surface area contributed by atoms with Crippen LogP contribution in [0.4, 0.5) is 0 Å². The van der Waals surface area contributed by atoms with Crippen LogP contribution in [0, 0.1) is 11.8 Å². The Labute approximate surface area is 92.0 Å². The van der Waals surface area contributed by atoms with Crippen molar-refractivity contribution < 1.29 is 14.6 Å². The monoisotopic (exact) mass is 217 g/mol. The molecule has 0 radical (unpaired) electrons. The summed E-state index contributed by atoms with van der Waals surface area (Å²) in [5.74, 6) is -0.451. The SMILES string of the molecule is COCC(NCC(C)C)(C(=O)O)C(C)C. The summed E-state index contributed by atoms with van der Waals surface area (Å²) in [5.41, 5.74) is -0.973. The van der Waals surface area contributed by atoms with Crippen LogP contribution >= 0.6 is 0 Å². The smallest absolute Gasteiger partial charge is 0.326 e. The minimum Gasteiger partial charge on any atom is -0.480 e. The van der Waals surface area contributed by atoms with Gasteiger partial charge < -0.3 is 9.84 Å². The predicted octanol–water partition coefficient (Wildman–Crippen LogP) is 1.36. The minimum atomic E-state index is -0.973. The predicted molar refractivity (Wildman–Crippen MR) is 59.9 cm³/mol. The highest BCUT2D eigenvalue weighted by molar-refractivity contribution is 5.79. The van der Waals surface area contributed by atoms with E-state index >= 15 is 0 Å². The van der Waals surface area contributed by atoms with E-state index in [0.29, 0.717) is 12.5 Å². The number of hydrogen-bond donors (Lipinski definition) is 2. The zero-order valence-electron chi connectivity index (χ0n) is 10.3. The fraction of sp³-hybridized carbons (Fsp3) is 0.909. The Hall–Kier alpha value is -0.610. The highest BCUT2D eigenvalue weighted by Gasteiger charge is 2.41. The van der Waals surface area contributed by atoms with Crippen molar-refractivity contribution in [3.05, 3.63) is 0 Å². The summed E-state index contributed by atoms with van der Waals surface area (Å²) in [6.07, 6.45) is 0. The van der Waals surface area contributed by atoms with E-state index in [-0.39, 0.29) is 12.5 Å². The van der Waals surface area contributed by atoms with E-state index in [1.54, 1.807) is 0 Å². The number of carboxylic acids is 1. The van der Waals surface area contributed by atoms with Crippen molar-refractivity contribution in [2.45, 2.75) is 33.2 Å². The number of ether oxygens (including phenoxy) is 1. The zero-order valence-corrected chi connectivity index (χ0v) is 10.3. The number of rotatable bonds is 7. The molecule has 0 aliphatic carbocycles. The van der Waals surface area contributed by atoms with Gasteiger partial charge in [0.15, 0.2) is 0 Å². The van der Waals surface area contributed by atoms with E-state index in [2.05, 4.69) is 5.32 Å². The Bertz CT molecular complexity index is 204. The van der Waals surface area contributed by atoms with Gasteiger partial charge in [-0.05, 0) is 18.4 Å². The van der Waals surface area contributed by atoms with Crippen molar-refractivity contribution in [1.82, 2.24) is 5.32 Å². The van der Waals surface area contributed by atoms with Gasteiger partial charge in [-0.15, -0.1) is 0 Å². The Kier molecular flexibility index (Phi) is 5.83. The van der Waals surface area contributed by atoms with E-state index in [1.165, 1.54) is 7.11 Å². The average molecular weight is 217 g/mol. The Morgan fingerprint density at radius 3 is 2.20 bits per heavy atom. The van der Waals surface area contributed by atoms with Gasteiger partial charge in [0.25, 0.3) is 0 Å². The van der Waals surface area contributed by atoms with Crippen molar-refractivity contribution in [2.75, 3.05) is 20.3 Å². The Morgan fingerprint density at radius 2 is 1.93 bits per heavy atom. The molecule has 0 heterocycles. The lowest BCUT2D eigenvalue weighted by molar-refractivity contribution is -0.150. The molecule has 15 heavy (non-hydrogen) atoms. The largest absolute Gasteiger partial charge is 0.480 e. The van der Waals surface area contributed by atoms with E-state index in [1.807, 2.05) is 27.7 Å². The summed E-state index contributed by atoms with van der Waals surface area (Å²) in [5, 5.41) is 12.4. The molecule has 0 aliphatic rings. The molecule has 2 N–H and O–H groups in total. The summed E-state index contributed by atoms with van der Waals surface area (Å²) in [6, 6.07) is 0. The van der Waals surface area contributed by atoms with Crippen molar-refractivity contribution in [3.63, 3.8) is 0 Å². The third kappa shape index (κ3) is 3.80. The molecule has 0 rings (SSSR count). The third-order valence-corrected chi connectivity index (χ3v) is 2.57. The molecule has 0 saturated carbocycles. The summed E-state index contributed by atoms with van der Waals surface area (Å²) in [6.45, 7) is 8.74. The summed E-state index contributed by atoms with van der Waals surface area (Å²) in [7, 11) is 1.52. The molecule has 0 aromatic heterocycles. The topological polar surface area (TPSA) is 58.6 Å². The summed E-state index contributed by atoms with van der Waals surface area (Å²) in [4.78, 5) is 11.3. The highest BCUT2D eigenvalue weighted by Crippen LogP contribution is 2.18. The second-order valence-electron chi connectivity index (χ2n) is 4.64. The molecular formula is C11H23NO3. The fourth-order valence-electron chi connectivity index (χ4n) is 1.42. The molecule has 0 amide bonds. The Balaban J connectivity index is 4.71. The molecule has 1 atom stereocenters. The maximum atomic E-state index is 11.3. The highest BCUT2D eigenvalue weighted by atomic mass is 16.5. The van der Waals surface area contributed by atoms with Gasteiger partial charge in [0.2, 0.25) is 0 Å². The van der Waals surface area contributed by atoms with Crippen LogP contribution in [-0.4, -0.2) is 36.9 Å². The zero-order chi connectivity index (χ0) is 12.1. The number of hydrogen-bond acceptors (Lipinski definition) is 3. The lowest BCUT2D eigenvalue weighted by Crippen LogP contribution is -2.60. The van der Waals surface area contributed by atoms with Gasteiger partial charge in [0.05, 0.1) is 6.61 Å². The van der Waals surface area contributed by atoms with Crippen LogP contribution in [0.1, 0.15) is 27.7 Å². The molecule has 4 heteroatoms. The van der Waals surface area contributed by atoms with Crippen LogP contribution in [0.15, 0.2) is 0 Å². The van der Waals surface area contributed by atoms with Gasteiger partial charge >= 0.3 is 5.97 Å². The first-order valence-electron chi connectivity index (χ1n) is 5.34. The molecule has 90 valence electrons. The lowest BCUT2D eigenvalue weighted by atomic mass is 9.86. The first-order valence-corrected chi connectivity index (χ1v) is 5.34. The third-order valence-electron chi connectivity index (χ3n) is 2.57. The maximum absolute atomic E-state index is 11.3. The van der Waals surface area contributed by atoms with E-state index in [9.17, 15) is 9.90 Å². The van der Waals surface area contributed by atoms with E-state index in [0.717, 1.165) is 0 Å². The summed E-state index contributed by atoms with van der Waals surface area (Å²) >= 11 is 0. The van der Waals surface area contributed by atoms with Gasteiger partial charge in [-0.2, -0.15) is 0 Å². The number of carboxylic acid groups (broad SMARTS) is 1. The minimum absolute atomic E-state index is 0.0197. The standard InChI is InChI=1S/C11H23NO3/c1-8(2)6-12-11(7-15-5,9(3)4)10(13)14/h8-9,12H,6-7H2,1-5H3,(H,13,14). The number of aliphatic carboxylic acids is 1. The second kappa shape index (κ2) is 6.08. The molecule has 0 aliphatic heterocycles. The second-order valence-corrected chi connectivity index (χ2v) is 4.64. The van der Waals surface area contributed by atoms with Gasteiger partial charge in [0.1, 0.15) is 5.54 Å². The Morgan fingerprint density at radius 1 is 1.40 bits per heavy atom. The van der Waals surface area contributed by atoms with Crippen molar-refractivity contribution in [1.29, 1.82) is 0 Å². The van der Waals surface area contributed by atoms with Crippen LogP contribution in [0.3, 0.4) is 0 Å². The molecule has 0 spiro atoms. The lowest BCUT2D eigenvalue weighted by Gasteiger charge is -2.34. The van der Waals surface area contributed by atoms with Gasteiger partial charge in [-0.1, -0.05) is 27.7 Å². The molecule has 0 fully saturated rings. The van der Waals surface area contributed by atoms with Crippen LogP contribution in [0.25, 0.3) is 0 Å². The van der Waals surface area contributed by atoms with Gasteiger partial charge in [-0.25, -0.2) is 0 Å². The van der Waals surface area contributed by atoms with E-state index < -0.39 is 11.5 Å². The normalized spacial score (nSPS) is 15.7. The first kappa shape index (κ1) is 14.4. The van der Waals surface area contributed by atoms with Crippen molar-refractivity contribution in [2.24, 2.45) is 11.8 Å². The molecule has 0 saturated heterocycles. The van der Waals surface area contributed by atoms with Crippen LogP contribution in [0.2, 0.25) is 0 Å². The van der Waals surface area contributed by atoms with Crippen LogP contribution < -0.4 is 5.32 Å².